The first-order chi connectivity index (χ1) is 19.0. The van der Waals surface area contributed by atoms with Gasteiger partial charge in [-0.15, -0.1) is 0 Å². The number of carbonyl (C=O) groups is 1. The van der Waals surface area contributed by atoms with Gasteiger partial charge in [-0.25, -0.2) is 0 Å². The van der Waals surface area contributed by atoms with Crippen molar-refractivity contribution in [1.29, 1.82) is 0 Å². The Hall–Kier alpha value is -4.35. The van der Waals surface area contributed by atoms with Crippen LogP contribution in [0.4, 0.5) is 23.5 Å². The van der Waals surface area contributed by atoms with Gasteiger partial charge >= 0.3 is 0 Å². The van der Waals surface area contributed by atoms with Crippen LogP contribution in [-0.2, 0) is 11.2 Å². The second kappa shape index (κ2) is 9.44. The van der Waals surface area contributed by atoms with Crippen LogP contribution in [0.1, 0.15) is 67.9 Å². The third-order valence-electron chi connectivity index (χ3n) is 7.63. The predicted molar refractivity (Wildman–Crippen MR) is 145 cm³/mol. The quantitative estimate of drug-likeness (QED) is 0.296. The van der Waals surface area contributed by atoms with E-state index in [0.717, 1.165) is 36.3 Å². The SMILES string of the molecule is C[C@H]1C[C@@H](C(=O)Cc2ccccn2)N(c2nc(Nc3cc(C4CC4)[nH]n3)nc(-n3nc(C4CC4)cc3N)n2)C1. The molecule has 2 saturated carbocycles. The number of anilines is 4. The molecule has 12 heteroatoms. The van der Waals surface area contributed by atoms with E-state index in [0.29, 0.717) is 53.8 Å². The predicted octanol–water partition coefficient (Wildman–Crippen LogP) is 3.28. The van der Waals surface area contributed by atoms with Crippen LogP contribution < -0.4 is 16.0 Å². The molecule has 0 radical (unpaired) electrons. The standard InChI is InChI=1S/C27H31N11O/c1-15-10-21(22(39)11-18-4-2-3-9-29-18)37(14-15)26-31-25(30-24-13-19(34-35-24)16-5-6-16)32-27(33-26)38-23(28)12-20(36-38)17-7-8-17/h2-4,9,12-13,15-17,21H,5-8,10-11,14,28H2,1H3,(H2,30,31,32,33,34,35)/t15-,21-/m0/s1. The molecule has 1 aliphatic heterocycles. The maximum Gasteiger partial charge on any atom is 0.259 e. The maximum absolute atomic E-state index is 13.5. The first-order valence-electron chi connectivity index (χ1n) is 13.6. The molecule has 12 nitrogen and oxygen atoms in total. The number of hydrogen-bond acceptors (Lipinski definition) is 10. The molecule has 3 fully saturated rings. The van der Waals surface area contributed by atoms with Crippen LogP contribution >= 0.6 is 0 Å². The molecule has 3 aliphatic rings. The van der Waals surface area contributed by atoms with E-state index in [1.807, 2.05) is 35.2 Å². The second-order valence-electron chi connectivity index (χ2n) is 11.0. The van der Waals surface area contributed by atoms with E-state index in [2.05, 4.69) is 32.4 Å². The molecule has 200 valence electrons. The molecule has 5 heterocycles. The number of H-pyrrole nitrogens is 1. The minimum atomic E-state index is -0.367. The minimum Gasteiger partial charge on any atom is -0.383 e. The van der Waals surface area contributed by atoms with Crippen molar-refractivity contribution in [2.24, 2.45) is 5.92 Å². The van der Waals surface area contributed by atoms with E-state index in [-0.39, 0.29) is 18.2 Å². The molecule has 0 amide bonds. The maximum atomic E-state index is 13.5. The van der Waals surface area contributed by atoms with Gasteiger partial charge < -0.3 is 16.0 Å². The van der Waals surface area contributed by atoms with Gasteiger partial charge in [0.2, 0.25) is 11.9 Å². The molecule has 7 rings (SSSR count). The molecular formula is C27H31N11O. The molecule has 0 aromatic carbocycles. The van der Waals surface area contributed by atoms with Crippen LogP contribution in [0.3, 0.4) is 0 Å². The van der Waals surface area contributed by atoms with E-state index in [4.69, 9.17) is 20.8 Å². The first-order valence-corrected chi connectivity index (χ1v) is 13.6. The van der Waals surface area contributed by atoms with Gasteiger partial charge in [-0.05, 0) is 50.2 Å². The summed E-state index contributed by atoms with van der Waals surface area (Å²) >= 11 is 0. The summed E-state index contributed by atoms with van der Waals surface area (Å²) < 4.78 is 1.56. The Morgan fingerprint density at radius 2 is 1.92 bits per heavy atom. The van der Waals surface area contributed by atoms with Gasteiger partial charge in [0, 0.05) is 48.1 Å². The summed E-state index contributed by atoms with van der Waals surface area (Å²) in [6.07, 6.45) is 7.25. The van der Waals surface area contributed by atoms with Crippen LogP contribution in [0.5, 0.6) is 0 Å². The van der Waals surface area contributed by atoms with Crippen LogP contribution in [0.15, 0.2) is 36.5 Å². The molecule has 0 spiro atoms. The third kappa shape index (κ3) is 4.93. The van der Waals surface area contributed by atoms with E-state index in [1.54, 1.807) is 10.9 Å². The fraction of sp³-hybridized carbons (Fsp3) is 0.444. The molecule has 39 heavy (non-hydrogen) atoms. The lowest BCUT2D eigenvalue weighted by Gasteiger charge is -2.24. The van der Waals surface area contributed by atoms with Crippen molar-refractivity contribution < 1.29 is 4.79 Å². The number of nitrogens with one attached hydrogen (secondary N) is 2. The second-order valence-corrected chi connectivity index (χ2v) is 11.0. The molecule has 4 aromatic rings. The molecular weight excluding hydrogens is 494 g/mol. The number of aromatic nitrogens is 8. The summed E-state index contributed by atoms with van der Waals surface area (Å²) in [6.45, 7) is 2.79. The molecule has 4 aromatic heterocycles. The van der Waals surface area contributed by atoms with E-state index in [1.165, 1.54) is 12.8 Å². The molecule has 2 atom stereocenters. The lowest BCUT2D eigenvalue weighted by molar-refractivity contribution is -0.119. The van der Waals surface area contributed by atoms with E-state index >= 15 is 0 Å². The average Bonchev–Trinajstić information content (AvgIpc) is 3.85. The van der Waals surface area contributed by atoms with Crippen molar-refractivity contribution in [3.05, 3.63) is 53.6 Å². The largest absolute Gasteiger partial charge is 0.383 e. The minimum absolute atomic E-state index is 0.0884. The summed E-state index contributed by atoms with van der Waals surface area (Å²) in [5.74, 6) is 3.49. The molecule has 4 N–H and O–H groups in total. The van der Waals surface area contributed by atoms with Crippen LogP contribution in [-0.4, -0.2) is 58.3 Å². The number of rotatable bonds is 9. The van der Waals surface area contributed by atoms with Crippen molar-refractivity contribution in [2.45, 2.75) is 63.3 Å². The Morgan fingerprint density at radius 3 is 2.69 bits per heavy atom. The highest BCUT2D eigenvalue weighted by Crippen LogP contribution is 2.41. The number of pyridine rings is 1. The normalized spacial score (nSPS) is 20.9. The van der Waals surface area contributed by atoms with E-state index in [9.17, 15) is 4.79 Å². The highest BCUT2D eigenvalue weighted by molar-refractivity contribution is 5.89. The summed E-state index contributed by atoms with van der Waals surface area (Å²) in [5.41, 5.74) is 9.16. The zero-order chi connectivity index (χ0) is 26.5. The Balaban J connectivity index is 1.24. The number of hydrogen-bond donors (Lipinski definition) is 3. The van der Waals surface area contributed by atoms with Crippen molar-refractivity contribution in [3.63, 3.8) is 0 Å². The summed E-state index contributed by atoms with van der Waals surface area (Å²) in [6, 6.07) is 9.14. The highest BCUT2D eigenvalue weighted by Gasteiger charge is 2.37. The van der Waals surface area contributed by atoms with Gasteiger partial charge in [0.05, 0.1) is 18.2 Å². The van der Waals surface area contributed by atoms with Gasteiger partial charge in [0.1, 0.15) is 5.82 Å². The lowest BCUT2D eigenvalue weighted by Crippen LogP contribution is -2.38. The van der Waals surface area contributed by atoms with Crippen LogP contribution in [0.2, 0.25) is 0 Å². The topological polar surface area (TPSA) is 156 Å². The number of nitrogens with two attached hydrogens (primary N) is 1. The molecule has 1 saturated heterocycles. The van der Waals surface area contributed by atoms with Gasteiger partial charge in [-0.1, -0.05) is 13.0 Å². The zero-order valence-electron chi connectivity index (χ0n) is 21.8. The number of carbonyl (C=O) groups excluding carboxylic acids is 1. The number of ketones is 1. The van der Waals surface area contributed by atoms with Crippen molar-refractivity contribution in [2.75, 3.05) is 22.5 Å². The fourth-order valence-electron chi connectivity index (χ4n) is 5.28. The van der Waals surface area contributed by atoms with Crippen LogP contribution in [0, 0.1) is 5.92 Å². The summed E-state index contributed by atoms with van der Waals surface area (Å²) in [7, 11) is 0. The molecule has 0 unspecified atom stereocenters. The lowest BCUT2D eigenvalue weighted by atomic mass is 10.0. The smallest absolute Gasteiger partial charge is 0.259 e. The van der Waals surface area contributed by atoms with Gasteiger partial charge in [-0.3, -0.25) is 14.9 Å². The molecule has 2 aliphatic carbocycles. The Kier molecular flexibility index (Phi) is 5.75. The fourth-order valence-corrected chi connectivity index (χ4v) is 5.28. The van der Waals surface area contributed by atoms with Crippen molar-refractivity contribution >= 4 is 29.3 Å². The van der Waals surface area contributed by atoms with E-state index < -0.39 is 0 Å². The number of aromatic amines is 1. The van der Waals surface area contributed by atoms with Gasteiger partial charge in [-0.2, -0.15) is 29.8 Å². The zero-order valence-corrected chi connectivity index (χ0v) is 21.8. The van der Waals surface area contributed by atoms with Crippen molar-refractivity contribution in [1.82, 2.24) is 39.9 Å². The number of Topliss-reactive ketones (excluding diaryl/α,β-unsaturated/α-hetero) is 1. The van der Waals surface area contributed by atoms with Crippen molar-refractivity contribution in [3.8, 4) is 5.95 Å². The Labute approximate surface area is 225 Å². The summed E-state index contributed by atoms with van der Waals surface area (Å²) in [5, 5.41) is 15.4. The van der Waals surface area contributed by atoms with Gasteiger partial charge in [0.25, 0.3) is 5.95 Å². The Bertz CT molecular complexity index is 1510. The van der Waals surface area contributed by atoms with Gasteiger partial charge in [0.15, 0.2) is 11.6 Å². The average molecular weight is 526 g/mol. The Morgan fingerprint density at radius 1 is 1.10 bits per heavy atom. The van der Waals surface area contributed by atoms with Crippen LogP contribution in [0.25, 0.3) is 5.95 Å². The highest BCUT2D eigenvalue weighted by atomic mass is 16.1. The molecule has 0 bridgehead atoms. The first kappa shape index (κ1) is 23.7. The number of nitrogens with zero attached hydrogens (tertiary/aromatic N) is 8. The summed E-state index contributed by atoms with van der Waals surface area (Å²) in [4.78, 5) is 34.0. The number of nitrogen functional groups attached to an aromatic ring is 1. The third-order valence-corrected chi connectivity index (χ3v) is 7.63. The monoisotopic (exact) mass is 525 g/mol.